The minimum Gasteiger partial charge on any atom is -0.338 e. The highest BCUT2D eigenvalue weighted by molar-refractivity contribution is 7.99. The maximum Gasteiger partial charge on any atom is 0.263 e. The Hall–Kier alpha value is -2.43. The molecule has 3 aromatic rings. The Kier molecular flexibility index (Phi) is 7.06. The van der Waals surface area contributed by atoms with E-state index in [2.05, 4.69) is 6.58 Å². The minimum atomic E-state index is -3.08. The largest absolute Gasteiger partial charge is 0.338 e. The van der Waals surface area contributed by atoms with Crippen LogP contribution in [0.25, 0.3) is 21.3 Å². The van der Waals surface area contributed by atoms with Crippen molar-refractivity contribution in [3.8, 4) is 11.1 Å². The Balaban J connectivity index is 1.62. The summed E-state index contributed by atoms with van der Waals surface area (Å²) < 4.78 is 25.2. The maximum atomic E-state index is 13.4. The molecule has 1 amide bonds. The van der Waals surface area contributed by atoms with Gasteiger partial charge in [0.15, 0.2) is 15.0 Å². The van der Waals surface area contributed by atoms with Crippen LogP contribution in [-0.4, -0.2) is 58.6 Å². The van der Waals surface area contributed by atoms with Gasteiger partial charge in [0.25, 0.3) is 5.56 Å². The number of nitrogens with zero attached hydrogens (tertiary/aromatic N) is 3. The summed E-state index contributed by atoms with van der Waals surface area (Å²) in [6.07, 6.45) is 2.10. The normalized spacial score (nSPS) is 17.3. The molecular formula is C23H25N3O4S3. The van der Waals surface area contributed by atoms with Crippen LogP contribution in [0.2, 0.25) is 0 Å². The lowest BCUT2D eigenvalue weighted by atomic mass is 10.1. The number of rotatable bonds is 8. The van der Waals surface area contributed by atoms with Crippen molar-refractivity contribution in [3.05, 3.63) is 58.7 Å². The van der Waals surface area contributed by atoms with Crippen LogP contribution in [-0.2, 0) is 21.2 Å². The molecule has 3 heterocycles. The molecule has 7 nitrogen and oxygen atoms in total. The molecule has 4 rings (SSSR count). The van der Waals surface area contributed by atoms with Crippen molar-refractivity contribution >= 4 is 49.1 Å². The third-order valence-corrected chi connectivity index (χ3v) is 9.27. The summed E-state index contributed by atoms with van der Waals surface area (Å²) >= 11 is 2.61. The summed E-state index contributed by atoms with van der Waals surface area (Å²) in [5.74, 6) is 0.0601. The lowest BCUT2D eigenvalue weighted by molar-refractivity contribution is -0.129. The number of thioether (sulfide) groups is 1. The highest BCUT2D eigenvalue weighted by Gasteiger charge is 2.34. The van der Waals surface area contributed by atoms with Crippen LogP contribution in [0.15, 0.2) is 58.3 Å². The summed E-state index contributed by atoms with van der Waals surface area (Å²) in [6.45, 7) is 6.33. The van der Waals surface area contributed by atoms with Crippen LogP contribution in [0.4, 0.5) is 0 Å². The van der Waals surface area contributed by atoms with E-state index >= 15 is 0 Å². The number of thiophene rings is 1. The van der Waals surface area contributed by atoms with E-state index in [0.29, 0.717) is 28.3 Å². The molecule has 174 valence electrons. The van der Waals surface area contributed by atoms with E-state index in [-0.39, 0.29) is 41.3 Å². The lowest BCUT2D eigenvalue weighted by Crippen LogP contribution is -2.42. The second kappa shape index (κ2) is 9.82. The van der Waals surface area contributed by atoms with Gasteiger partial charge in [-0.3, -0.25) is 14.2 Å². The summed E-state index contributed by atoms with van der Waals surface area (Å²) in [5, 5.41) is 2.96. The first kappa shape index (κ1) is 23.7. The smallest absolute Gasteiger partial charge is 0.263 e. The molecule has 33 heavy (non-hydrogen) atoms. The van der Waals surface area contributed by atoms with Crippen molar-refractivity contribution < 1.29 is 13.2 Å². The SMILES string of the molecule is C=CCn1c(SCC(=O)N(CC)[C@@H]2CCS(=O)(=O)C2)nc2scc(-c3ccccc3)c2c1=O. The van der Waals surface area contributed by atoms with Crippen molar-refractivity contribution in [2.24, 2.45) is 0 Å². The fourth-order valence-corrected chi connectivity index (χ4v) is 7.72. The number of hydrogen-bond donors (Lipinski definition) is 0. The van der Waals surface area contributed by atoms with Gasteiger partial charge in [0.1, 0.15) is 4.83 Å². The van der Waals surface area contributed by atoms with Gasteiger partial charge >= 0.3 is 0 Å². The van der Waals surface area contributed by atoms with E-state index in [1.165, 1.54) is 23.1 Å². The molecule has 1 aromatic carbocycles. The maximum absolute atomic E-state index is 13.4. The van der Waals surface area contributed by atoms with Crippen LogP contribution in [0.5, 0.6) is 0 Å². The Morgan fingerprint density at radius 2 is 2.12 bits per heavy atom. The van der Waals surface area contributed by atoms with Crippen LogP contribution >= 0.6 is 23.1 Å². The molecule has 0 N–H and O–H groups in total. The van der Waals surface area contributed by atoms with Crippen molar-refractivity contribution in [2.45, 2.75) is 31.1 Å². The Labute approximate surface area is 201 Å². The molecule has 1 aliphatic heterocycles. The number of hydrogen-bond acceptors (Lipinski definition) is 7. The molecule has 1 aliphatic rings. The highest BCUT2D eigenvalue weighted by atomic mass is 32.2. The van der Waals surface area contributed by atoms with Gasteiger partial charge in [0.05, 0.1) is 22.6 Å². The third kappa shape index (κ3) is 4.92. The monoisotopic (exact) mass is 503 g/mol. The second-order valence-electron chi connectivity index (χ2n) is 7.82. The molecule has 0 bridgehead atoms. The molecule has 2 aromatic heterocycles. The summed E-state index contributed by atoms with van der Waals surface area (Å²) in [5.41, 5.74) is 1.64. The fourth-order valence-electron chi connectivity index (χ4n) is 4.10. The van der Waals surface area contributed by atoms with Gasteiger partial charge in [-0.25, -0.2) is 13.4 Å². The first-order valence-corrected chi connectivity index (χ1v) is 14.3. The molecule has 1 atom stereocenters. The van der Waals surface area contributed by atoms with Gasteiger partial charge < -0.3 is 4.90 Å². The zero-order chi connectivity index (χ0) is 23.6. The van der Waals surface area contributed by atoms with Gasteiger partial charge in [-0.05, 0) is 18.9 Å². The number of carbonyl (C=O) groups is 1. The molecule has 0 spiro atoms. The first-order valence-electron chi connectivity index (χ1n) is 10.7. The van der Waals surface area contributed by atoms with Crippen LogP contribution < -0.4 is 5.56 Å². The predicted octanol–water partition coefficient (Wildman–Crippen LogP) is 3.44. The third-order valence-electron chi connectivity index (χ3n) is 5.69. The number of carbonyl (C=O) groups excluding carboxylic acids is 1. The Morgan fingerprint density at radius 3 is 2.76 bits per heavy atom. The molecule has 1 fully saturated rings. The topological polar surface area (TPSA) is 89.3 Å². The number of aromatic nitrogens is 2. The van der Waals surface area contributed by atoms with Crippen LogP contribution in [0.3, 0.4) is 0 Å². The molecule has 1 saturated heterocycles. The minimum absolute atomic E-state index is 0.0140. The lowest BCUT2D eigenvalue weighted by Gasteiger charge is -2.26. The molecule has 0 saturated carbocycles. The number of amides is 1. The zero-order valence-electron chi connectivity index (χ0n) is 18.3. The molecule has 0 unspecified atom stereocenters. The van der Waals surface area contributed by atoms with E-state index < -0.39 is 9.84 Å². The highest BCUT2D eigenvalue weighted by Crippen LogP contribution is 2.32. The fraction of sp³-hybridized carbons (Fsp3) is 0.348. The number of benzene rings is 1. The predicted molar refractivity (Wildman–Crippen MR) is 135 cm³/mol. The van der Waals surface area contributed by atoms with Gasteiger partial charge in [-0.1, -0.05) is 48.2 Å². The average molecular weight is 504 g/mol. The molecule has 0 aliphatic carbocycles. The van der Waals surface area contributed by atoms with Gasteiger partial charge in [-0.15, -0.1) is 17.9 Å². The van der Waals surface area contributed by atoms with Crippen molar-refractivity contribution in [1.82, 2.24) is 14.5 Å². The van der Waals surface area contributed by atoms with Crippen molar-refractivity contribution in [3.63, 3.8) is 0 Å². The van der Waals surface area contributed by atoms with Gasteiger partial charge in [0.2, 0.25) is 5.91 Å². The number of sulfone groups is 1. The van der Waals surface area contributed by atoms with Crippen molar-refractivity contribution in [2.75, 3.05) is 23.8 Å². The van der Waals surface area contributed by atoms with E-state index in [1.54, 1.807) is 15.5 Å². The molecular weight excluding hydrogens is 478 g/mol. The van der Waals surface area contributed by atoms with Crippen molar-refractivity contribution in [1.29, 1.82) is 0 Å². The Bertz CT molecular complexity index is 1350. The zero-order valence-corrected chi connectivity index (χ0v) is 20.7. The number of allylic oxidation sites excluding steroid dienone is 1. The molecule has 0 radical (unpaired) electrons. The van der Waals surface area contributed by atoms with E-state index in [4.69, 9.17) is 4.98 Å². The van der Waals surface area contributed by atoms with Crippen LogP contribution in [0, 0.1) is 0 Å². The Morgan fingerprint density at radius 1 is 1.36 bits per heavy atom. The summed E-state index contributed by atoms with van der Waals surface area (Å²) in [4.78, 5) is 33.3. The molecule has 10 heteroatoms. The standard InChI is InChI=1S/C23H25N3O4S3/c1-3-11-26-22(28)20-18(16-8-6-5-7-9-16)13-31-21(20)24-23(26)32-14-19(27)25(4-2)17-10-12-33(29,30)15-17/h3,5-9,13,17H,1,4,10-12,14-15H2,2H3/t17-/m1/s1. The number of fused-ring (bicyclic) bond motifs is 1. The second-order valence-corrected chi connectivity index (χ2v) is 11.8. The summed E-state index contributed by atoms with van der Waals surface area (Å²) in [6, 6.07) is 9.42. The van der Waals surface area contributed by atoms with Gasteiger partial charge in [-0.2, -0.15) is 0 Å². The quantitative estimate of drug-likeness (QED) is 0.266. The summed E-state index contributed by atoms with van der Waals surface area (Å²) in [7, 11) is -3.08. The van der Waals surface area contributed by atoms with E-state index in [0.717, 1.165) is 11.1 Å². The van der Waals surface area contributed by atoms with Crippen LogP contribution in [0.1, 0.15) is 13.3 Å². The van der Waals surface area contributed by atoms with E-state index in [9.17, 15) is 18.0 Å². The van der Waals surface area contributed by atoms with Gasteiger partial charge in [0, 0.05) is 30.1 Å². The average Bonchev–Trinajstić information content (AvgIpc) is 3.38. The van der Waals surface area contributed by atoms with E-state index in [1.807, 2.05) is 42.6 Å². The first-order chi connectivity index (χ1) is 15.8.